The minimum absolute atomic E-state index is 0.0756. The van der Waals surface area contributed by atoms with Gasteiger partial charge < -0.3 is 10.2 Å². The summed E-state index contributed by atoms with van der Waals surface area (Å²) in [5.74, 6) is 0.613. The third-order valence-electron chi connectivity index (χ3n) is 3.95. The van der Waals surface area contributed by atoms with E-state index >= 15 is 0 Å². The van der Waals surface area contributed by atoms with Crippen molar-refractivity contribution in [3.05, 3.63) is 41.5 Å². The fraction of sp³-hybridized carbons (Fsp3) is 0.471. The third kappa shape index (κ3) is 3.70. The van der Waals surface area contributed by atoms with Gasteiger partial charge in [0.05, 0.1) is 0 Å². The number of likely N-dealkylation sites (N-methyl/N-ethyl adjacent to an activating group) is 1. The lowest BCUT2D eigenvalue weighted by Crippen LogP contribution is -2.37. The number of carbonyl (C=O) groups is 1. The van der Waals surface area contributed by atoms with Gasteiger partial charge in [-0.2, -0.15) is 0 Å². The molecule has 0 bridgehead atoms. The Kier molecular flexibility index (Phi) is 4.96. The Morgan fingerprint density at radius 3 is 2.60 bits per heavy atom. The summed E-state index contributed by atoms with van der Waals surface area (Å²) >= 11 is 0. The molecule has 1 aliphatic rings. The molecular weight excluding hydrogens is 248 g/mol. The Hall–Kier alpha value is -1.61. The Bertz CT molecular complexity index is 470. The van der Waals surface area contributed by atoms with Crippen LogP contribution >= 0.6 is 0 Å². The minimum Gasteiger partial charge on any atom is -0.338 e. The van der Waals surface area contributed by atoms with E-state index in [1.807, 2.05) is 18.0 Å². The maximum Gasteiger partial charge on any atom is 0.246 e. The summed E-state index contributed by atoms with van der Waals surface area (Å²) in [6, 6.07) is 8.71. The first kappa shape index (κ1) is 14.8. The normalized spacial score (nSPS) is 18.9. The summed E-state index contributed by atoms with van der Waals surface area (Å²) in [6.45, 7) is 6.26. The van der Waals surface area contributed by atoms with Crippen LogP contribution in [0.2, 0.25) is 0 Å². The smallest absolute Gasteiger partial charge is 0.246 e. The largest absolute Gasteiger partial charge is 0.338 e. The van der Waals surface area contributed by atoms with Gasteiger partial charge in [-0.1, -0.05) is 38.1 Å². The molecule has 1 heterocycles. The number of rotatable bonds is 4. The average molecular weight is 272 g/mol. The second-order valence-corrected chi connectivity index (χ2v) is 5.75. The van der Waals surface area contributed by atoms with Crippen LogP contribution in [0.3, 0.4) is 0 Å². The molecule has 0 aliphatic carbocycles. The van der Waals surface area contributed by atoms with E-state index in [2.05, 4.69) is 43.4 Å². The molecule has 0 radical (unpaired) electrons. The van der Waals surface area contributed by atoms with Crippen molar-refractivity contribution in [1.82, 2.24) is 10.2 Å². The Labute approximate surface area is 121 Å². The number of amides is 1. The lowest BCUT2D eigenvalue weighted by Gasteiger charge is -2.22. The quantitative estimate of drug-likeness (QED) is 0.855. The topological polar surface area (TPSA) is 32.3 Å². The third-order valence-corrected chi connectivity index (χ3v) is 3.95. The van der Waals surface area contributed by atoms with Crippen LogP contribution in [0, 0.1) is 0 Å². The number of benzene rings is 1. The van der Waals surface area contributed by atoms with E-state index < -0.39 is 0 Å². The van der Waals surface area contributed by atoms with Crippen LogP contribution in [0.25, 0.3) is 6.08 Å². The van der Waals surface area contributed by atoms with Crippen molar-refractivity contribution in [2.75, 3.05) is 20.1 Å². The highest BCUT2D eigenvalue weighted by molar-refractivity contribution is 5.91. The van der Waals surface area contributed by atoms with E-state index in [4.69, 9.17) is 0 Å². The first-order valence-corrected chi connectivity index (χ1v) is 7.33. The molecule has 3 heteroatoms. The first-order chi connectivity index (χ1) is 9.58. The fourth-order valence-corrected chi connectivity index (χ4v) is 2.43. The zero-order valence-corrected chi connectivity index (χ0v) is 12.6. The van der Waals surface area contributed by atoms with Crippen LogP contribution in [-0.4, -0.2) is 37.0 Å². The molecule has 1 aromatic rings. The highest BCUT2D eigenvalue weighted by Gasteiger charge is 2.21. The van der Waals surface area contributed by atoms with Gasteiger partial charge in [0.1, 0.15) is 0 Å². The van der Waals surface area contributed by atoms with E-state index in [1.165, 1.54) is 5.56 Å². The predicted molar refractivity (Wildman–Crippen MR) is 83.6 cm³/mol. The van der Waals surface area contributed by atoms with Crippen LogP contribution in [-0.2, 0) is 4.79 Å². The lowest BCUT2D eigenvalue weighted by atomic mass is 10.0. The van der Waals surface area contributed by atoms with Crippen molar-refractivity contribution in [1.29, 1.82) is 0 Å². The number of hydrogen-bond acceptors (Lipinski definition) is 2. The molecule has 1 fully saturated rings. The molecule has 1 saturated heterocycles. The van der Waals surface area contributed by atoms with Crippen LogP contribution in [0.5, 0.6) is 0 Å². The highest BCUT2D eigenvalue weighted by atomic mass is 16.2. The van der Waals surface area contributed by atoms with Gasteiger partial charge in [-0.05, 0) is 36.1 Å². The number of hydrogen-bond donors (Lipinski definition) is 1. The summed E-state index contributed by atoms with van der Waals surface area (Å²) < 4.78 is 0. The Morgan fingerprint density at radius 2 is 2.05 bits per heavy atom. The van der Waals surface area contributed by atoms with Crippen molar-refractivity contribution in [2.24, 2.45) is 0 Å². The van der Waals surface area contributed by atoms with E-state index in [1.54, 1.807) is 6.08 Å². The predicted octanol–water partition coefficient (Wildman–Crippen LogP) is 2.64. The number of carbonyl (C=O) groups excluding carboxylic acids is 1. The van der Waals surface area contributed by atoms with Gasteiger partial charge in [0.15, 0.2) is 0 Å². The van der Waals surface area contributed by atoms with Gasteiger partial charge in [-0.3, -0.25) is 4.79 Å². The van der Waals surface area contributed by atoms with Crippen molar-refractivity contribution < 1.29 is 4.79 Å². The molecule has 1 aliphatic heterocycles. The van der Waals surface area contributed by atoms with Crippen molar-refractivity contribution in [3.63, 3.8) is 0 Å². The molecule has 0 saturated carbocycles. The van der Waals surface area contributed by atoms with E-state index in [-0.39, 0.29) is 5.91 Å². The lowest BCUT2D eigenvalue weighted by molar-refractivity contribution is -0.126. The summed E-state index contributed by atoms with van der Waals surface area (Å²) in [5, 5.41) is 3.28. The average Bonchev–Trinajstić information content (AvgIpc) is 2.98. The summed E-state index contributed by atoms with van der Waals surface area (Å²) in [6.07, 6.45) is 4.60. The van der Waals surface area contributed by atoms with Crippen molar-refractivity contribution in [3.8, 4) is 0 Å². The molecule has 108 valence electrons. The number of nitrogens with zero attached hydrogens (tertiary/aromatic N) is 1. The number of nitrogens with one attached hydrogen (secondary N) is 1. The van der Waals surface area contributed by atoms with Gasteiger partial charge >= 0.3 is 0 Å². The molecule has 1 unspecified atom stereocenters. The molecule has 20 heavy (non-hydrogen) atoms. The zero-order valence-electron chi connectivity index (χ0n) is 12.6. The van der Waals surface area contributed by atoms with E-state index in [0.29, 0.717) is 12.0 Å². The maximum absolute atomic E-state index is 12.1. The molecule has 0 spiro atoms. The van der Waals surface area contributed by atoms with Gasteiger partial charge in [0, 0.05) is 25.7 Å². The van der Waals surface area contributed by atoms with Crippen LogP contribution < -0.4 is 5.32 Å². The van der Waals surface area contributed by atoms with Crippen molar-refractivity contribution in [2.45, 2.75) is 32.2 Å². The Balaban J connectivity index is 1.95. The molecule has 1 aromatic carbocycles. The highest BCUT2D eigenvalue weighted by Crippen LogP contribution is 2.15. The molecule has 1 amide bonds. The van der Waals surface area contributed by atoms with Gasteiger partial charge in [0.25, 0.3) is 0 Å². The standard InChI is InChI=1S/C17H24N2O/c1-13(2)15-7-4-14(5-8-15)6-9-17(20)19(3)16-10-11-18-12-16/h4-9,13,16,18H,10-12H2,1-3H3/b9-6+. The monoisotopic (exact) mass is 272 g/mol. The van der Waals surface area contributed by atoms with Crippen LogP contribution in [0.15, 0.2) is 30.3 Å². The molecule has 1 atom stereocenters. The van der Waals surface area contributed by atoms with Gasteiger partial charge in [0.2, 0.25) is 5.91 Å². The second kappa shape index (κ2) is 6.71. The van der Waals surface area contributed by atoms with Crippen LogP contribution in [0.1, 0.15) is 37.3 Å². The van der Waals surface area contributed by atoms with Crippen LogP contribution in [0.4, 0.5) is 0 Å². The zero-order chi connectivity index (χ0) is 14.5. The van der Waals surface area contributed by atoms with Crippen molar-refractivity contribution >= 4 is 12.0 Å². The molecule has 1 N–H and O–H groups in total. The van der Waals surface area contributed by atoms with Gasteiger partial charge in [-0.25, -0.2) is 0 Å². The summed E-state index contributed by atoms with van der Waals surface area (Å²) in [5.41, 5.74) is 2.39. The second-order valence-electron chi connectivity index (χ2n) is 5.75. The van der Waals surface area contributed by atoms with E-state index in [9.17, 15) is 4.79 Å². The molecule has 2 rings (SSSR count). The van der Waals surface area contributed by atoms with E-state index in [0.717, 1.165) is 25.1 Å². The first-order valence-electron chi connectivity index (χ1n) is 7.33. The fourth-order valence-electron chi connectivity index (χ4n) is 2.43. The van der Waals surface area contributed by atoms with Gasteiger partial charge in [-0.15, -0.1) is 0 Å². The summed E-state index contributed by atoms with van der Waals surface area (Å²) in [4.78, 5) is 13.9. The maximum atomic E-state index is 12.1. The molecule has 3 nitrogen and oxygen atoms in total. The molecular formula is C17H24N2O. The summed E-state index contributed by atoms with van der Waals surface area (Å²) in [7, 11) is 1.88. The Morgan fingerprint density at radius 1 is 1.35 bits per heavy atom. The minimum atomic E-state index is 0.0756. The SMILES string of the molecule is CC(C)c1ccc(/C=C/C(=O)N(C)C2CCNC2)cc1. The molecule has 0 aromatic heterocycles.